The first-order chi connectivity index (χ1) is 6.61. The highest BCUT2D eigenvalue weighted by atomic mass is 32.2. The Morgan fingerprint density at radius 3 is 2.93 bits per heavy atom. The summed E-state index contributed by atoms with van der Waals surface area (Å²) in [6, 6.07) is 3.23. The number of rotatable bonds is 5. The van der Waals surface area contributed by atoms with Crippen LogP contribution < -0.4 is 5.73 Å². The van der Waals surface area contributed by atoms with Crippen LogP contribution in [0.15, 0.2) is 22.8 Å². The molecule has 1 unspecified atom stereocenters. The van der Waals surface area contributed by atoms with Crippen LogP contribution in [0.4, 0.5) is 0 Å². The molecule has 0 aliphatic rings. The maximum Gasteiger partial charge on any atom is 0.331 e. The molecule has 1 heterocycles. The minimum atomic E-state index is -1.40. The van der Waals surface area contributed by atoms with Gasteiger partial charge in [0.1, 0.15) is 5.76 Å². The van der Waals surface area contributed by atoms with Crippen molar-refractivity contribution in [2.75, 3.05) is 12.0 Å². The molecule has 0 spiro atoms. The number of hydrogen-bond donors (Lipinski definition) is 2. The van der Waals surface area contributed by atoms with E-state index in [1.54, 1.807) is 23.9 Å². The predicted octanol–water partition coefficient (Wildman–Crippen LogP) is 1.27. The summed E-state index contributed by atoms with van der Waals surface area (Å²) in [5.41, 5.74) is 4.39. The SMILES string of the molecule is CSCCC(N)(C(=O)O)c1ccco1. The van der Waals surface area contributed by atoms with Crippen molar-refractivity contribution in [2.24, 2.45) is 5.73 Å². The third-order valence-corrected chi connectivity index (χ3v) is 2.66. The molecule has 1 aromatic rings. The molecule has 0 aliphatic carbocycles. The van der Waals surface area contributed by atoms with E-state index in [1.165, 1.54) is 6.26 Å². The van der Waals surface area contributed by atoms with E-state index >= 15 is 0 Å². The van der Waals surface area contributed by atoms with E-state index in [0.29, 0.717) is 17.9 Å². The van der Waals surface area contributed by atoms with Crippen LogP contribution in [0.25, 0.3) is 0 Å². The van der Waals surface area contributed by atoms with E-state index < -0.39 is 11.5 Å². The van der Waals surface area contributed by atoms with Crippen molar-refractivity contribution in [2.45, 2.75) is 12.0 Å². The van der Waals surface area contributed by atoms with Crippen LogP contribution in [0, 0.1) is 0 Å². The summed E-state index contributed by atoms with van der Waals surface area (Å²) in [4.78, 5) is 11.0. The van der Waals surface area contributed by atoms with Crippen LogP contribution in [0.3, 0.4) is 0 Å². The lowest BCUT2D eigenvalue weighted by atomic mass is 9.95. The lowest BCUT2D eigenvalue weighted by Crippen LogP contribution is -2.45. The molecule has 78 valence electrons. The van der Waals surface area contributed by atoms with Crippen LogP contribution in [0.2, 0.25) is 0 Å². The summed E-state index contributed by atoms with van der Waals surface area (Å²) in [6.45, 7) is 0. The third kappa shape index (κ3) is 2.10. The zero-order chi connectivity index (χ0) is 10.6. The van der Waals surface area contributed by atoms with E-state index in [4.69, 9.17) is 15.3 Å². The monoisotopic (exact) mass is 215 g/mol. The van der Waals surface area contributed by atoms with Crippen LogP contribution in [0.5, 0.6) is 0 Å². The van der Waals surface area contributed by atoms with E-state index in [0.717, 1.165) is 0 Å². The normalized spacial score (nSPS) is 15.0. The summed E-state index contributed by atoms with van der Waals surface area (Å²) in [7, 11) is 0. The maximum atomic E-state index is 11.0. The summed E-state index contributed by atoms with van der Waals surface area (Å²) >= 11 is 1.56. The number of furan rings is 1. The minimum absolute atomic E-state index is 0.305. The Labute approximate surface area is 86.5 Å². The van der Waals surface area contributed by atoms with Crippen molar-refractivity contribution in [3.8, 4) is 0 Å². The molecular formula is C9H13NO3S. The molecule has 14 heavy (non-hydrogen) atoms. The molecule has 5 heteroatoms. The van der Waals surface area contributed by atoms with Crippen molar-refractivity contribution in [3.05, 3.63) is 24.2 Å². The average Bonchev–Trinajstić information content (AvgIpc) is 2.66. The van der Waals surface area contributed by atoms with Crippen molar-refractivity contribution in [3.63, 3.8) is 0 Å². The Hall–Kier alpha value is -0.940. The molecule has 0 bridgehead atoms. The van der Waals surface area contributed by atoms with Gasteiger partial charge in [-0.2, -0.15) is 11.8 Å². The summed E-state index contributed by atoms with van der Waals surface area (Å²) in [5, 5.41) is 9.04. The van der Waals surface area contributed by atoms with Gasteiger partial charge in [-0.1, -0.05) is 0 Å². The fourth-order valence-corrected chi connectivity index (χ4v) is 1.66. The highest BCUT2D eigenvalue weighted by Gasteiger charge is 2.38. The lowest BCUT2D eigenvalue weighted by molar-refractivity contribution is -0.144. The Morgan fingerprint density at radius 1 is 1.79 bits per heavy atom. The second kappa shape index (κ2) is 4.52. The van der Waals surface area contributed by atoms with Gasteiger partial charge in [-0.15, -0.1) is 0 Å². The van der Waals surface area contributed by atoms with Gasteiger partial charge in [0.25, 0.3) is 0 Å². The molecule has 4 nitrogen and oxygen atoms in total. The molecule has 0 aliphatic heterocycles. The number of aliphatic carboxylic acids is 1. The molecule has 1 rings (SSSR count). The number of hydrogen-bond acceptors (Lipinski definition) is 4. The van der Waals surface area contributed by atoms with Gasteiger partial charge in [0.05, 0.1) is 6.26 Å². The third-order valence-electron chi connectivity index (χ3n) is 2.04. The van der Waals surface area contributed by atoms with E-state index in [2.05, 4.69) is 0 Å². The number of carboxylic acids is 1. The van der Waals surface area contributed by atoms with Crippen LogP contribution in [-0.2, 0) is 10.3 Å². The Kier molecular flexibility index (Phi) is 3.60. The Balaban J connectivity index is 2.87. The van der Waals surface area contributed by atoms with Gasteiger partial charge in [0.2, 0.25) is 0 Å². The molecule has 1 aromatic heterocycles. The van der Waals surface area contributed by atoms with Gasteiger partial charge >= 0.3 is 5.97 Å². The summed E-state index contributed by atoms with van der Waals surface area (Å²) < 4.78 is 5.04. The van der Waals surface area contributed by atoms with Crippen molar-refractivity contribution in [1.29, 1.82) is 0 Å². The lowest BCUT2D eigenvalue weighted by Gasteiger charge is -2.21. The molecule has 0 aromatic carbocycles. The van der Waals surface area contributed by atoms with E-state index in [-0.39, 0.29) is 0 Å². The predicted molar refractivity (Wildman–Crippen MR) is 55.2 cm³/mol. The van der Waals surface area contributed by atoms with E-state index in [1.807, 2.05) is 6.26 Å². The smallest absolute Gasteiger partial charge is 0.331 e. The Bertz CT molecular complexity index is 299. The second-order valence-corrected chi connectivity index (χ2v) is 3.98. The zero-order valence-electron chi connectivity index (χ0n) is 7.90. The van der Waals surface area contributed by atoms with Crippen LogP contribution in [0.1, 0.15) is 12.2 Å². The van der Waals surface area contributed by atoms with Gasteiger partial charge in [-0.25, -0.2) is 4.79 Å². The zero-order valence-corrected chi connectivity index (χ0v) is 8.71. The topological polar surface area (TPSA) is 76.5 Å². The van der Waals surface area contributed by atoms with Crippen molar-refractivity contribution >= 4 is 17.7 Å². The van der Waals surface area contributed by atoms with Crippen molar-refractivity contribution in [1.82, 2.24) is 0 Å². The maximum absolute atomic E-state index is 11.0. The fourth-order valence-electron chi connectivity index (χ4n) is 1.13. The van der Waals surface area contributed by atoms with Gasteiger partial charge in [-0.05, 0) is 30.6 Å². The highest BCUT2D eigenvalue weighted by Crippen LogP contribution is 2.24. The standard InChI is InChI=1S/C9H13NO3S/c1-14-6-4-9(10,8(11)12)7-3-2-5-13-7/h2-3,5H,4,6,10H2,1H3,(H,11,12). The summed E-state index contributed by atoms with van der Waals surface area (Å²) in [6.07, 6.45) is 3.69. The first-order valence-electron chi connectivity index (χ1n) is 4.16. The quantitative estimate of drug-likeness (QED) is 0.773. The molecule has 0 amide bonds. The number of carbonyl (C=O) groups is 1. The first kappa shape index (κ1) is 11.1. The van der Waals surface area contributed by atoms with Gasteiger partial charge in [-0.3, -0.25) is 0 Å². The number of thioether (sulfide) groups is 1. The van der Waals surface area contributed by atoms with Gasteiger partial charge in [0, 0.05) is 0 Å². The molecule has 0 fully saturated rings. The largest absolute Gasteiger partial charge is 0.480 e. The fraction of sp³-hybridized carbons (Fsp3) is 0.444. The van der Waals surface area contributed by atoms with Gasteiger partial charge in [0.15, 0.2) is 5.54 Å². The van der Waals surface area contributed by atoms with Crippen LogP contribution in [-0.4, -0.2) is 23.1 Å². The number of nitrogens with two attached hydrogens (primary N) is 1. The highest BCUT2D eigenvalue weighted by molar-refractivity contribution is 7.98. The van der Waals surface area contributed by atoms with E-state index in [9.17, 15) is 4.79 Å². The molecule has 0 saturated heterocycles. The summed E-state index contributed by atoms with van der Waals surface area (Å²) in [5.74, 6) is -0.0655. The molecule has 1 atom stereocenters. The molecule has 3 N–H and O–H groups in total. The first-order valence-corrected chi connectivity index (χ1v) is 5.56. The van der Waals surface area contributed by atoms with Gasteiger partial charge < -0.3 is 15.3 Å². The average molecular weight is 215 g/mol. The number of carboxylic acid groups (broad SMARTS) is 1. The van der Waals surface area contributed by atoms with Crippen LogP contribution >= 0.6 is 11.8 Å². The second-order valence-electron chi connectivity index (χ2n) is 3.00. The Morgan fingerprint density at radius 2 is 2.50 bits per heavy atom. The minimum Gasteiger partial charge on any atom is -0.480 e. The van der Waals surface area contributed by atoms with Crippen molar-refractivity contribution < 1.29 is 14.3 Å². The molecular weight excluding hydrogens is 202 g/mol. The molecule has 0 saturated carbocycles. The molecule has 0 radical (unpaired) electrons.